The van der Waals surface area contributed by atoms with Crippen molar-refractivity contribution in [1.82, 2.24) is 0 Å². The van der Waals surface area contributed by atoms with Crippen LogP contribution in [0.2, 0.25) is 23.7 Å². The van der Waals surface area contributed by atoms with Gasteiger partial charge in [-0.3, -0.25) is 0 Å². The van der Waals surface area contributed by atoms with Gasteiger partial charge in [0.1, 0.15) is 0 Å². The average Bonchev–Trinajstić information content (AvgIpc) is 1.87. The van der Waals surface area contributed by atoms with Crippen molar-refractivity contribution >= 4 is 8.07 Å². The Morgan fingerprint density at radius 1 is 1.18 bits per heavy atom. The van der Waals surface area contributed by atoms with Crippen LogP contribution in [0.5, 0.6) is 0 Å². The first-order valence-corrected chi connectivity index (χ1v) is 7.42. The molecule has 0 saturated heterocycles. The minimum absolute atomic E-state index is 0.875. The van der Waals surface area contributed by atoms with Gasteiger partial charge in [-0.1, -0.05) is 51.4 Å². The Morgan fingerprint density at radius 2 is 1.55 bits per heavy atom. The number of rotatable bonds is 4. The van der Waals surface area contributed by atoms with E-state index in [1.54, 1.807) is 0 Å². The van der Waals surface area contributed by atoms with Gasteiger partial charge in [0.05, 0.1) is 8.07 Å². The van der Waals surface area contributed by atoms with Crippen molar-refractivity contribution in [1.29, 1.82) is 0 Å². The molecule has 0 aromatic heterocycles. The maximum absolute atomic E-state index is 3.85. The first-order valence-electron chi connectivity index (χ1n) is 4.56. The summed E-state index contributed by atoms with van der Waals surface area (Å²) in [5.74, 6) is 0. The molecule has 0 N–H and O–H groups in total. The molecule has 1 heteroatoms. The van der Waals surface area contributed by atoms with Crippen LogP contribution in [0, 0.1) is 0 Å². The van der Waals surface area contributed by atoms with Crippen molar-refractivity contribution in [2.45, 2.75) is 51.4 Å². The van der Waals surface area contributed by atoms with E-state index in [9.17, 15) is 0 Å². The maximum Gasteiger partial charge on any atom is 0.0593 e. The fraction of sp³-hybridized carbons (Fsp3) is 0.800. The van der Waals surface area contributed by atoms with Gasteiger partial charge in [-0.15, -0.1) is 6.58 Å². The Balaban J connectivity index is 4.37. The van der Waals surface area contributed by atoms with Crippen molar-refractivity contribution in [2.75, 3.05) is 0 Å². The van der Waals surface area contributed by atoms with Gasteiger partial charge < -0.3 is 0 Å². The Kier molecular flexibility index (Phi) is 4.08. The predicted molar refractivity (Wildman–Crippen MR) is 56.8 cm³/mol. The molecule has 0 unspecified atom stereocenters. The monoisotopic (exact) mass is 170 g/mol. The molecular weight excluding hydrogens is 148 g/mol. The topological polar surface area (TPSA) is 0 Å². The smallest absolute Gasteiger partial charge is 0.0593 e. The standard InChI is InChI=1S/C10H22Si/c1-7-8-11(6,9(2)3)10(4)5/h7,9-10H,1,8H2,2-6H3. The molecule has 0 amide bonds. The number of allylic oxidation sites excluding steroid dienone is 1. The minimum atomic E-state index is -1.02. The van der Waals surface area contributed by atoms with E-state index < -0.39 is 8.07 Å². The summed E-state index contributed by atoms with van der Waals surface area (Å²) in [4.78, 5) is 0. The van der Waals surface area contributed by atoms with Crippen molar-refractivity contribution < 1.29 is 0 Å². The molecule has 0 spiro atoms. The van der Waals surface area contributed by atoms with Gasteiger partial charge in [-0.25, -0.2) is 0 Å². The van der Waals surface area contributed by atoms with Crippen molar-refractivity contribution in [2.24, 2.45) is 0 Å². The van der Waals surface area contributed by atoms with Crippen LogP contribution < -0.4 is 0 Å². The molecule has 0 aromatic carbocycles. The van der Waals surface area contributed by atoms with Crippen LogP contribution in [0.25, 0.3) is 0 Å². The van der Waals surface area contributed by atoms with Crippen LogP contribution in [0.3, 0.4) is 0 Å². The molecule has 0 aliphatic carbocycles. The molecule has 66 valence electrons. The Labute approximate surface area is 72.7 Å². The Bertz CT molecular complexity index is 117. The van der Waals surface area contributed by atoms with Gasteiger partial charge in [0.15, 0.2) is 0 Å². The zero-order valence-corrected chi connectivity index (χ0v) is 9.65. The van der Waals surface area contributed by atoms with Gasteiger partial charge in [0, 0.05) is 0 Å². The fourth-order valence-electron chi connectivity index (χ4n) is 1.45. The van der Waals surface area contributed by atoms with Crippen LogP contribution in [0.15, 0.2) is 12.7 Å². The quantitative estimate of drug-likeness (QED) is 0.441. The SMILES string of the molecule is C=CC[Si](C)(C(C)C)C(C)C. The third-order valence-electron chi connectivity index (χ3n) is 3.22. The second-order valence-corrected chi connectivity index (χ2v) is 10.0. The summed E-state index contributed by atoms with van der Waals surface area (Å²) in [5, 5.41) is 0. The first kappa shape index (κ1) is 11.0. The molecule has 0 bridgehead atoms. The van der Waals surface area contributed by atoms with E-state index >= 15 is 0 Å². The van der Waals surface area contributed by atoms with Crippen LogP contribution in [0.1, 0.15) is 27.7 Å². The predicted octanol–water partition coefficient (Wildman–Crippen LogP) is 4.07. The molecular formula is C10H22Si. The molecule has 0 fully saturated rings. The summed E-state index contributed by atoms with van der Waals surface area (Å²) in [5.41, 5.74) is 1.75. The molecule has 0 heterocycles. The largest absolute Gasteiger partial charge is 0.103 e. The van der Waals surface area contributed by atoms with Crippen molar-refractivity contribution in [3.63, 3.8) is 0 Å². The van der Waals surface area contributed by atoms with E-state index in [2.05, 4.69) is 46.9 Å². The molecule has 0 aromatic rings. The van der Waals surface area contributed by atoms with Crippen molar-refractivity contribution in [3.05, 3.63) is 12.7 Å². The van der Waals surface area contributed by atoms with E-state index in [0.29, 0.717) is 0 Å². The Hall–Kier alpha value is -0.0431. The van der Waals surface area contributed by atoms with E-state index in [0.717, 1.165) is 11.1 Å². The minimum Gasteiger partial charge on any atom is -0.103 e. The van der Waals surface area contributed by atoms with Crippen molar-refractivity contribution in [3.8, 4) is 0 Å². The summed E-state index contributed by atoms with van der Waals surface area (Å²) < 4.78 is 0. The highest BCUT2D eigenvalue weighted by atomic mass is 28.3. The highest BCUT2D eigenvalue weighted by Crippen LogP contribution is 2.35. The lowest BCUT2D eigenvalue weighted by molar-refractivity contribution is 0.894. The molecule has 0 aliphatic rings. The lowest BCUT2D eigenvalue weighted by Crippen LogP contribution is -2.36. The highest BCUT2D eigenvalue weighted by Gasteiger charge is 2.32. The molecule has 0 radical (unpaired) electrons. The summed E-state index contributed by atoms with van der Waals surface area (Å²) in [6.45, 7) is 15.8. The molecule has 0 rings (SSSR count). The van der Waals surface area contributed by atoms with Gasteiger partial charge in [-0.05, 0) is 6.04 Å². The van der Waals surface area contributed by atoms with E-state index in [1.165, 1.54) is 6.04 Å². The zero-order chi connectivity index (χ0) is 9.07. The molecule has 0 aliphatic heterocycles. The number of hydrogen-bond donors (Lipinski definition) is 0. The van der Waals surface area contributed by atoms with Gasteiger partial charge in [-0.2, -0.15) is 0 Å². The third-order valence-corrected chi connectivity index (χ3v) is 9.67. The molecule has 0 atom stereocenters. The van der Waals surface area contributed by atoms with Crippen LogP contribution in [0.4, 0.5) is 0 Å². The van der Waals surface area contributed by atoms with Crippen LogP contribution in [-0.2, 0) is 0 Å². The second kappa shape index (κ2) is 4.10. The normalized spacial score (nSPS) is 12.6. The molecule has 11 heavy (non-hydrogen) atoms. The van der Waals surface area contributed by atoms with Crippen LogP contribution >= 0.6 is 0 Å². The van der Waals surface area contributed by atoms with Crippen LogP contribution in [-0.4, -0.2) is 8.07 Å². The first-order chi connectivity index (χ1) is 4.95. The third kappa shape index (κ3) is 2.48. The van der Waals surface area contributed by atoms with E-state index in [1.807, 2.05) is 0 Å². The van der Waals surface area contributed by atoms with Gasteiger partial charge in [0.25, 0.3) is 0 Å². The van der Waals surface area contributed by atoms with Gasteiger partial charge >= 0.3 is 0 Å². The summed E-state index contributed by atoms with van der Waals surface area (Å²) in [6, 6.07) is 1.27. The molecule has 0 saturated carbocycles. The maximum atomic E-state index is 3.85. The van der Waals surface area contributed by atoms with E-state index in [4.69, 9.17) is 0 Å². The summed E-state index contributed by atoms with van der Waals surface area (Å²) in [7, 11) is -1.02. The Morgan fingerprint density at radius 3 is 1.64 bits per heavy atom. The van der Waals surface area contributed by atoms with Gasteiger partial charge in [0.2, 0.25) is 0 Å². The fourth-order valence-corrected chi connectivity index (χ4v) is 4.35. The lowest BCUT2D eigenvalue weighted by atomic mass is 10.5. The zero-order valence-electron chi connectivity index (χ0n) is 8.65. The highest BCUT2D eigenvalue weighted by molar-refractivity contribution is 6.81. The summed E-state index contributed by atoms with van der Waals surface area (Å²) >= 11 is 0. The average molecular weight is 170 g/mol. The lowest BCUT2D eigenvalue weighted by Gasteiger charge is -2.34. The van der Waals surface area contributed by atoms with E-state index in [-0.39, 0.29) is 0 Å². The molecule has 0 nitrogen and oxygen atoms in total. The number of hydrogen-bond acceptors (Lipinski definition) is 0. The second-order valence-electron chi connectivity index (χ2n) is 4.31. The summed E-state index contributed by atoms with van der Waals surface area (Å²) in [6.07, 6.45) is 2.10.